The minimum absolute atomic E-state index is 0.0388. The number of aliphatic hydroxyl groups is 1. The number of aryl methyl sites for hydroxylation is 1. The van der Waals surface area contributed by atoms with Gasteiger partial charge in [-0.1, -0.05) is 23.9 Å². The van der Waals surface area contributed by atoms with Crippen LogP contribution in [0.1, 0.15) is 16.7 Å². The van der Waals surface area contributed by atoms with Crippen molar-refractivity contribution in [1.82, 2.24) is 4.98 Å². The molecule has 0 amide bonds. The summed E-state index contributed by atoms with van der Waals surface area (Å²) in [5.41, 5.74) is 2.42. The first-order valence-corrected chi connectivity index (χ1v) is 6.29. The number of hydrogen-bond acceptors (Lipinski definition) is 4. The molecule has 2 aromatic rings. The number of aliphatic hydroxyl groups excluding tert-OH is 1. The van der Waals surface area contributed by atoms with E-state index in [4.69, 9.17) is 10.4 Å². The van der Waals surface area contributed by atoms with E-state index in [0.29, 0.717) is 10.6 Å². The molecule has 0 aliphatic rings. The van der Waals surface area contributed by atoms with E-state index in [2.05, 4.69) is 11.1 Å². The van der Waals surface area contributed by atoms with E-state index in [1.807, 2.05) is 37.3 Å². The second-order valence-corrected chi connectivity index (χ2v) is 4.89. The maximum absolute atomic E-state index is 9.12. The van der Waals surface area contributed by atoms with Crippen LogP contribution in [-0.4, -0.2) is 10.1 Å². The molecule has 3 nitrogen and oxygen atoms in total. The second-order valence-electron chi connectivity index (χ2n) is 3.82. The number of hydrogen-bond donors (Lipinski definition) is 1. The van der Waals surface area contributed by atoms with E-state index in [1.54, 1.807) is 6.20 Å². The molecule has 1 N–H and O–H groups in total. The van der Waals surface area contributed by atoms with Crippen LogP contribution in [-0.2, 0) is 6.61 Å². The van der Waals surface area contributed by atoms with Gasteiger partial charge in [0.25, 0.3) is 0 Å². The number of benzene rings is 1. The number of rotatable bonds is 3. The van der Waals surface area contributed by atoms with Gasteiger partial charge < -0.3 is 5.11 Å². The summed E-state index contributed by atoms with van der Waals surface area (Å²) >= 11 is 1.46. The molecule has 0 atom stereocenters. The first kappa shape index (κ1) is 12.6. The lowest BCUT2D eigenvalue weighted by Gasteiger charge is -2.05. The third-order valence-electron chi connectivity index (χ3n) is 2.56. The number of aromatic nitrogens is 1. The molecule has 0 aliphatic heterocycles. The van der Waals surface area contributed by atoms with E-state index in [0.717, 1.165) is 16.0 Å². The molecule has 18 heavy (non-hydrogen) atoms. The molecule has 0 aliphatic carbocycles. The normalized spacial score (nSPS) is 10.1. The van der Waals surface area contributed by atoms with Crippen molar-refractivity contribution < 1.29 is 5.11 Å². The fourth-order valence-corrected chi connectivity index (χ4v) is 2.44. The SMILES string of the molecule is Cc1ccnc(Sc2ccc(CO)cc2)c1C#N. The summed E-state index contributed by atoms with van der Waals surface area (Å²) in [7, 11) is 0. The fraction of sp³-hybridized carbons (Fsp3) is 0.143. The Balaban J connectivity index is 2.28. The zero-order valence-electron chi connectivity index (χ0n) is 9.92. The molecule has 0 unspecified atom stereocenters. The zero-order valence-corrected chi connectivity index (χ0v) is 10.7. The van der Waals surface area contributed by atoms with Crippen molar-refractivity contribution >= 4 is 11.8 Å². The average molecular weight is 256 g/mol. The molecule has 1 aromatic heterocycles. The zero-order chi connectivity index (χ0) is 13.0. The Labute approximate surface area is 110 Å². The summed E-state index contributed by atoms with van der Waals surface area (Å²) in [6.07, 6.45) is 1.71. The van der Waals surface area contributed by atoms with Crippen molar-refractivity contribution in [2.24, 2.45) is 0 Å². The molecule has 0 saturated carbocycles. The van der Waals surface area contributed by atoms with Crippen LogP contribution in [0.15, 0.2) is 46.5 Å². The maximum Gasteiger partial charge on any atom is 0.119 e. The van der Waals surface area contributed by atoms with Gasteiger partial charge in [-0.3, -0.25) is 0 Å². The van der Waals surface area contributed by atoms with Crippen molar-refractivity contribution in [3.8, 4) is 6.07 Å². The smallest absolute Gasteiger partial charge is 0.119 e. The second kappa shape index (κ2) is 5.67. The summed E-state index contributed by atoms with van der Waals surface area (Å²) in [6.45, 7) is 1.94. The highest BCUT2D eigenvalue weighted by Crippen LogP contribution is 2.29. The van der Waals surface area contributed by atoms with Gasteiger partial charge in [0.2, 0.25) is 0 Å². The van der Waals surface area contributed by atoms with Gasteiger partial charge in [-0.2, -0.15) is 5.26 Å². The largest absolute Gasteiger partial charge is 0.392 e. The summed E-state index contributed by atoms with van der Waals surface area (Å²) in [4.78, 5) is 5.24. The molecular formula is C14H12N2OS. The standard InChI is InChI=1S/C14H12N2OS/c1-10-6-7-16-14(13(10)8-15)18-12-4-2-11(9-17)3-5-12/h2-7,17H,9H2,1H3. The minimum Gasteiger partial charge on any atom is -0.392 e. The molecule has 1 aromatic carbocycles. The highest BCUT2D eigenvalue weighted by molar-refractivity contribution is 7.99. The van der Waals surface area contributed by atoms with Crippen LogP contribution in [0.3, 0.4) is 0 Å². The van der Waals surface area contributed by atoms with Crippen LogP contribution in [0.5, 0.6) is 0 Å². The van der Waals surface area contributed by atoms with E-state index in [-0.39, 0.29) is 6.61 Å². The van der Waals surface area contributed by atoms with E-state index in [1.165, 1.54) is 11.8 Å². The van der Waals surface area contributed by atoms with Crippen molar-refractivity contribution in [2.75, 3.05) is 0 Å². The molecule has 1 heterocycles. The molecule has 4 heteroatoms. The summed E-state index contributed by atoms with van der Waals surface area (Å²) in [5.74, 6) is 0. The predicted octanol–water partition coefficient (Wildman–Crippen LogP) is 2.91. The predicted molar refractivity (Wildman–Crippen MR) is 70.2 cm³/mol. The molecule has 2 rings (SSSR count). The van der Waals surface area contributed by atoms with Gasteiger partial charge >= 0.3 is 0 Å². The quantitative estimate of drug-likeness (QED) is 0.917. The molecular weight excluding hydrogens is 244 g/mol. The third-order valence-corrected chi connectivity index (χ3v) is 3.57. The van der Waals surface area contributed by atoms with Crippen LogP contribution in [0.4, 0.5) is 0 Å². The molecule has 0 spiro atoms. The Morgan fingerprint density at radius 1 is 1.28 bits per heavy atom. The molecule has 0 bridgehead atoms. The van der Waals surface area contributed by atoms with Crippen LogP contribution >= 0.6 is 11.8 Å². The lowest BCUT2D eigenvalue weighted by Crippen LogP contribution is -1.90. The maximum atomic E-state index is 9.12. The number of nitrogens with zero attached hydrogens (tertiary/aromatic N) is 2. The van der Waals surface area contributed by atoms with Gasteiger partial charge in [0, 0.05) is 11.1 Å². The van der Waals surface area contributed by atoms with Gasteiger partial charge in [-0.15, -0.1) is 0 Å². The highest BCUT2D eigenvalue weighted by Gasteiger charge is 2.08. The molecule has 0 radical (unpaired) electrons. The fourth-order valence-electron chi connectivity index (χ4n) is 1.52. The van der Waals surface area contributed by atoms with Crippen LogP contribution in [0.2, 0.25) is 0 Å². The molecule has 90 valence electrons. The Morgan fingerprint density at radius 2 is 2.00 bits per heavy atom. The molecule has 0 saturated heterocycles. The van der Waals surface area contributed by atoms with Gasteiger partial charge in [0.05, 0.1) is 12.2 Å². The first-order chi connectivity index (χ1) is 8.74. The van der Waals surface area contributed by atoms with Crippen LogP contribution < -0.4 is 0 Å². The highest BCUT2D eigenvalue weighted by atomic mass is 32.2. The third kappa shape index (κ3) is 2.70. The van der Waals surface area contributed by atoms with Gasteiger partial charge in [0.1, 0.15) is 11.1 Å². The van der Waals surface area contributed by atoms with Crippen molar-refractivity contribution in [1.29, 1.82) is 5.26 Å². The van der Waals surface area contributed by atoms with Crippen LogP contribution in [0.25, 0.3) is 0 Å². The van der Waals surface area contributed by atoms with Crippen LogP contribution in [0, 0.1) is 18.3 Å². The Morgan fingerprint density at radius 3 is 2.61 bits per heavy atom. The first-order valence-electron chi connectivity index (χ1n) is 5.48. The Bertz CT molecular complexity index is 588. The Hall–Kier alpha value is -1.83. The van der Waals surface area contributed by atoms with E-state index in [9.17, 15) is 0 Å². The lowest BCUT2D eigenvalue weighted by atomic mass is 10.2. The van der Waals surface area contributed by atoms with Gasteiger partial charge in [0.15, 0.2) is 0 Å². The van der Waals surface area contributed by atoms with E-state index < -0.39 is 0 Å². The average Bonchev–Trinajstić information content (AvgIpc) is 2.40. The van der Waals surface area contributed by atoms with E-state index >= 15 is 0 Å². The van der Waals surface area contributed by atoms with Crippen molar-refractivity contribution in [2.45, 2.75) is 23.5 Å². The number of pyridine rings is 1. The van der Waals surface area contributed by atoms with Crippen molar-refractivity contribution in [3.05, 3.63) is 53.2 Å². The summed E-state index contributed by atoms with van der Waals surface area (Å²) < 4.78 is 0. The minimum atomic E-state index is 0.0388. The van der Waals surface area contributed by atoms with Gasteiger partial charge in [-0.25, -0.2) is 4.98 Å². The Kier molecular flexibility index (Phi) is 3.98. The van der Waals surface area contributed by atoms with Gasteiger partial charge in [-0.05, 0) is 36.2 Å². The summed E-state index contributed by atoms with van der Waals surface area (Å²) in [6, 6.07) is 11.6. The monoisotopic (exact) mass is 256 g/mol. The topological polar surface area (TPSA) is 56.9 Å². The van der Waals surface area contributed by atoms with Crippen molar-refractivity contribution in [3.63, 3.8) is 0 Å². The molecule has 0 fully saturated rings. The lowest BCUT2D eigenvalue weighted by molar-refractivity contribution is 0.282. The summed E-state index contributed by atoms with van der Waals surface area (Å²) in [5, 5.41) is 18.8. The number of nitriles is 1.